The van der Waals surface area contributed by atoms with E-state index in [0.717, 1.165) is 18.4 Å². The van der Waals surface area contributed by atoms with Gasteiger partial charge >= 0.3 is 5.97 Å². The summed E-state index contributed by atoms with van der Waals surface area (Å²) in [7, 11) is 1.57. The first-order chi connectivity index (χ1) is 9.69. The van der Waals surface area contributed by atoms with Crippen molar-refractivity contribution < 1.29 is 24.1 Å². The summed E-state index contributed by atoms with van der Waals surface area (Å²) in [6, 6.07) is 3.21. The van der Waals surface area contributed by atoms with E-state index in [1.54, 1.807) is 7.11 Å². The maximum absolute atomic E-state index is 11.2. The number of nitrogens with one attached hydrogen (secondary N) is 1. The molecule has 1 aromatic rings. The van der Waals surface area contributed by atoms with Gasteiger partial charge in [0.2, 0.25) is 12.5 Å². The summed E-state index contributed by atoms with van der Waals surface area (Å²) in [6.45, 7) is 0.642. The van der Waals surface area contributed by atoms with Crippen LogP contribution < -0.4 is 19.5 Å². The summed E-state index contributed by atoms with van der Waals surface area (Å²) in [5, 5.41) is 12.3. The Morgan fingerprint density at radius 3 is 2.95 bits per heavy atom. The minimum Gasteiger partial charge on any atom is -0.493 e. The predicted octanol–water partition coefficient (Wildman–Crippen LogP) is 1.38. The lowest BCUT2D eigenvalue weighted by atomic mass is 10.1. The van der Waals surface area contributed by atoms with E-state index in [4.69, 9.17) is 14.2 Å². The Kier molecular flexibility index (Phi) is 3.40. The topological polar surface area (TPSA) is 77.0 Å². The minimum absolute atomic E-state index is 0.183. The van der Waals surface area contributed by atoms with Crippen LogP contribution in [0.5, 0.6) is 17.2 Å². The van der Waals surface area contributed by atoms with Crippen LogP contribution in [0.2, 0.25) is 0 Å². The highest BCUT2D eigenvalue weighted by Crippen LogP contribution is 2.42. The number of ether oxygens (including phenoxy) is 3. The van der Waals surface area contributed by atoms with Gasteiger partial charge in [0, 0.05) is 6.54 Å². The van der Waals surface area contributed by atoms with E-state index in [0.29, 0.717) is 23.8 Å². The van der Waals surface area contributed by atoms with Gasteiger partial charge < -0.3 is 24.6 Å². The number of hydrogen-bond donors (Lipinski definition) is 2. The molecule has 1 atom stereocenters. The summed E-state index contributed by atoms with van der Waals surface area (Å²) in [6.07, 6.45) is 1.96. The van der Waals surface area contributed by atoms with Crippen LogP contribution in [0, 0.1) is 5.92 Å². The second-order valence-electron chi connectivity index (χ2n) is 5.07. The van der Waals surface area contributed by atoms with Crippen molar-refractivity contribution >= 4 is 5.97 Å². The molecule has 6 nitrogen and oxygen atoms in total. The number of fused-ring (bicyclic) bond motifs is 1. The SMILES string of the molecule is COc1cc(CNC(C(=O)O)C2CC2)cc2c1OCO2. The minimum atomic E-state index is -0.791. The van der Waals surface area contributed by atoms with Gasteiger partial charge in [-0.05, 0) is 36.5 Å². The molecule has 0 radical (unpaired) electrons. The number of hydrogen-bond acceptors (Lipinski definition) is 5. The molecule has 1 aliphatic heterocycles. The van der Waals surface area contributed by atoms with E-state index in [9.17, 15) is 9.90 Å². The molecule has 1 aromatic carbocycles. The fraction of sp³-hybridized carbons (Fsp3) is 0.500. The first kappa shape index (κ1) is 13.1. The molecule has 6 heteroatoms. The third kappa shape index (κ3) is 2.51. The smallest absolute Gasteiger partial charge is 0.320 e. The molecule has 108 valence electrons. The average molecular weight is 279 g/mol. The number of carboxylic acids is 1. The normalized spacial score (nSPS) is 17.9. The molecule has 1 fully saturated rings. The van der Waals surface area contributed by atoms with Crippen LogP contribution in [0.4, 0.5) is 0 Å². The average Bonchev–Trinajstić information content (AvgIpc) is 3.14. The predicted molar refractivity (Wildman–Crippen MR) is 70.1 cm³/mol. The van der Waals surface area contributed by atoms with E-state index in [1.165, 1.54) is 0 Å². The number of carboxylic acid groups (broad SMARTS) is 1. The summed E-state index contributed by atoms with van der Waals surface area (Å²) in [5.41, 5.74) is 0.915. The molecule has 0 aromatic heterocycles. The van der Waals surface area contributed by atoms with E-state index >= 15 is 0 Å². The monoisotopic (exact) mass is 279 g/mol. The van der Waals surface area contributed by atoms with Crippen molar-refractivity contribution in [1.82, 2.24) is 5.32 Å². The molecule has 0 spiro atoms. The summed E-state index contributed by atoms with van der Waals surface area (Å²) < 4.78 is 15.9. The molecule has 1 heterocycles. The molecule has 20 heavy (non-hydrogen) atoms. The Bertz CT molecular complexity index is 527. The van der Waals surface area contributed by atoms with Gasteiger partial charge in [0.15, 0.2) is 11.5 Å². The third-order valence-electron chi connectivity index (χ3n) is 3.60. The lowest BCUT2D eigenvalue weighted by molar-refractivity contribution is -0.140. The van der Waals surface area contributed by atoms with Gasteiger partial charge in [0.1, 0.15) is 6.04 Å². The number of aliphatic carboxylic acids is 1. The van der Waals surface area contributed by atoms with Gasteiger partial charge in [-0.3, -0.25) is 4.79 Å². The van der Waals surface area contributed by atoms with Crippen LogP contribution in [0.1, 0.15) is 18.4 Å². The van der Waals surface area contributed by atoms with Gasteiger partial charge in [-0.2, -0.15) is 0 Å². The summed E-state index contributed by atoms with van der Waals surface area (Å²) in [4.78, 5) is 11.2. The van der Waals surface area contributed by atoms with Crippen LogP contribution in [0.15, 0.2) is 12.1 Å². The van der Waals surface area contributed by atoms with Gasteiger partial charge in [-0.1, -0.05) is 0 Å². The molecule has 0 amide bonds. The van der Waals surface area contributed by atoms with Gasteiger partial charge in [-0.25, -0.2) is 0 Å². The fourth-order valence-electron chi connectivity index (χ4n) is 2.40. The third-order valence-corrected chi connectivity index (χ3v) is 3.60. The molecule has 3 rings (SSSR count). The van der Waals surface area contributed by atoms with E-state index in [1.807, 2.05) is 12.1 Å². The van der Waals surface area contributed by atoms with E-state index in [2.05, 4.69) is 5.32 Å². The molecule has 2 aliphatic rings. The van der Waals surface area contributed by atoms with Crippen molar-refractivity contribution in [1.29, 1.82) is 0 Å². The van der Waals surface area contributed by atoms with Crippen molar-refractivity contribution in [3.8, 4) is 17.2 Å². The highest BCUT2D eigenvalue weighted by atomic mass is 16.7. The first-order valence-corrected chi connectivity index (χ1v) is 6.61. The highest BCUT2D eigenvalue weighted by molar-refractivity contribution is 5.74. The number of carbonyl (C=O) groups is 1. The quantitative estimate of drug-likeness (QED) is 0.819. The van der Waals surface area contributed by atoms with Crippen LogP contribution in [-0.4, -0.2) is 31.0 Å². The molecular weight excluding hydrogens is 262 g/mol. The maximum Gasteiger partial charge on any atom is 0.320 e. The van der Waals surface area contributed by atoms with Crippen molar-refractivity contribution in [3.05, 3.63) is 17.7 Å². The molecule has 1 saturated carbocycles. The van der Waals surface area contributed by atoms with Crippen molar-refractivity contribution in [2.24, 2.45) is 5.92 Å². The zero-order valence-electron chi connectivity index (χ0n) is 11.2. The Labute approximate surface area is 116 Å². The van der Waals surface area contributed by atoms with Crippen LogP contribution >= 0.6 is 0 Å². The van der Waals surface area contributed by atoms with Gasteiger partial charge in [0.05, 0.1) is 7.11 Å². The van der Waals surface area contributed by atoms with E-state index < -0.39 is 12.0 Å². The lowest BCUT2D eigenvalue weighted by Crippen LogP contribution is -2.38. The zero-order chi connectivity index (χ0) is 14.1. The van der Waals surface area contributed by atoms with Crippen LogP contribution in [-0.2, 0) is 11.3 Å². The molecule has 1 aliphatic carbocycles. The van der Waals surface area contributed by atoms with E-state index in [-0.39, 0.29) is 12.7 Å². The molecule has 0 bridgehead atoms. The Hall–Kier alpha value is -1.95. The number of methoxy groups -OCH3 is 1. The molecular formula is C14H17NO5. The van der Waals surface area contributed by atoms with Crippen molar-refractivity contribution in [2.45, 2.75) is 25.4 Å². The number of benzene rings is 1. The highest BCUT2D eigenvalue weighted by Gasteiger charge is 2.35. The van der Waals surface area contributed by atoms with Crippen LogP contribution in [0.3, 0.4) is 0 Å². The second kappa shape index (κ2) is 5.20. The second-order valence-corrected chi connectivity index (χ2v) is 5.07. The number of rotatable bonds is 6. The molecule has 1 unspecified atom stereocenters. The van der Waals surface area contributed by atoms with Crippen molar-refractivity contribution in [2.75, 3.05) is 13.9 Å². The van der Waals surface area contributed by atoms with Gasteiger partial charge in [-0.15, -0.1) is 0 Å². The zero-order valence-corrected chi connectivity index (χ0v) is 11.2. The standard InChI is InChI=1S/C14H17NO5/c1-18-10-4-8(5-11-13(10)20-7-19-11)6-15-12(14(16)17)9-2-3-9/h4-5,9,12,15H,2-3,6-7H2,1H3,(H,16,17). The Morgan fingerprint density at radius 2 is 2.30 bits per heavy atom. The van der Waals surface area contributed by atoms with Crippen LogP contribution in [0.25, 0.3) is 0 Å². The summed E-state index contributed by atoms with van der Waals surface area (Å²) in [5.74, 6) is 1.31. The maximum atomic E-state index is 11.2. The largest absolute Gasteiger partial charge is 0.493 e. The molecule has 0 saturated heterocycles. The first-order valence-electron chi connectivity index (χ1n) is 6.61. The Morgan fingerprint density at radius 1 is 1.50 bits per heavy atom. The molecule has 2 N–H and O–H groups in total. The lowest BCUT2D eigenvalue weighted by Gasteiger charge is -2.14. The Balaban J connectivity index is 1.72. The van der Waals surface area contributed by atoms with Gasteiger partial charge in [0.25, 0.3) is 0 Å². The fourth-order valence-corrected chi connectivity index (χ4v) is 2.40. The van der Waals surface area contributed by atoms with Crippen molar-refractivity contribution in [3.63, 3.8) is 0 Å². The summed E-state index contributed by atoms with van der Waals surface area (Å²) >= 11 is 0.